The molecule has 0 unspecified atom stereocenters. The van der Waals surface area contributed by atoms with Gasteiger partial charge in [-0.25, -0.2) is 8.42 Å². The summed E-state index contributed by atoms with van der Waals surface area (Å²) >= 11 is 0. The molecule has 3 N–H and O–H groups in total. The Kier molecular flexibility index (Phi) is 8.02. The molecule has 2 amide bonds. The second-order valence-electron chi connectivity index (χ2n) is 6.12. The number of rotatable bonds is 10. The standard InChI is InChI=1S/C20H25N3O5S/c1-3-12-21-19(24)14-22-20(25)15-6-5-7-18(13-15)29(26,27)23-16-8-10-17(11-9-16)28-4-2/h5-11,13,23H,3-4,12,14H2,1-2H3,(H,21,24)(H,22,25). The van der Waals surface area contributed by atoms with Crippen LogP contribution in [0.3, 0.4) is 0 Å². The van der Waals surface area contributed by atoms with Gasteiger partial charge in [0.15, 0.2) is 0 Å². The van der Waals surface area contributed by atoms with Crippen molar-refractivity contribution in [3.63, 3.8) is 0 Å². The molecular weight excluding hydrogens is 394 g/mol. The molecule has 0 aliphatic heterocycles. The van der Waals surface area contributed by atoms with Gasteiger partial charge in [-0.1, -0.05) is 13.0 Å². The van der Waals surface area contributed by atoms with Crippen molar-refractivity contribution in [3.8, 4) is 5.75 Å². The summed E-state index contributed by atoms with van der Waals surface area (Å²) in [5, 5.41) is 5.12. The normalized spacial score (nSPS) is 10.8. The third-order valence-electron chi connectivity index (χ3n) is 3.81. The minimum absolute atomic E-state index is 0.0607. The van der Waals surface area contributed by atoms with Crippen LogP contribution in [0, 0.1) is 0 Å². The van der Waals surface area contributed by atoms with Crippen molar-refractivity contribution in [2.24, 2.45) is 0 Å². The van der Waals surface area contributed by atoms with Gasteiger partial charge in [0.1, 0.15) is 5.75 Å². The van der Waals surface area contributed by atoms with E-state index in [1.165, 1.54) is 24.3 Å². The van der Waals surface area contributed by atoms with E-state index in [9.17, 15) is 18.0 Å². The molecule has 0 heterocycles. The number of hydrogen-bond acceptors (Lipinski definition) is 5. The maximum Gasteiger partial charge on any atom is 0.261 e. The highest BCUT2D eigenvalue weighted by Crippen LogP contribution is 2.20. The van der Waals surface area contributed by atoms with Crippen molar-refractivity contribution in [1.29, 1.82) is 0 Å². The van der Waals surface area contributed by atoms with Crippen LogP contribution in [0.4, 0.5) is 5.69 Å². The highest BCUT2D eigenvalue weighted by atomic mass is 32.2. The molecule has 0 fully saturated rings. The largest absolute Gasteiger partial charge is 0.494 e. The average Bonchev–Trinajstić information content (AvgIpc) is 2.72. The third kappa shape index (κ3) is 6.79. The van der Waals surface area contributed by atoms with Crippen LogP contribution in [0.25, 0.3) is 0 Å². The van der Waals surface area contributed by atoms with Gasteiger partial charge in [-0.2, -0.15) is 0 Å². The van der Waals surface area contributed by atoms with Gasteiger partial charge in [0, 0.05) is 17.8 Å². The molecule has 0 bridgehead atoms. The lowest BCUT2D eigenvalue weighted by Crippen LogP contribution is -2.37. The number of sulfonamides is 1. The van der Waals surface area contributed by atoms with Crippen molar-refractivity contribution < 1.29 is 22.7 Å². The molecule has 0 radical (unpaired) electrons. The van der Waals surface area contributed by atoms with Crippen LogP contribution in [0.5, 0.6) is 5.75 Å². The highest BCUT2D eigenvalue weighted by Gasteiger charge is 2.17. The van der Waals surface area contributed by atoms with Crippen LogP contribution < -0.4 is 20.1 Å². The van der Waals surface area contributed by atoms with E-state index in [0.717, 1.165) is 6.42 Å². The molecule has 2 aromatic rings. The number of ether oxygens (including phenoxy) is 1. The second kappa shape index (κ2) is 10.5. The number of carbonyl (C=O) groups excluding carboxylic acids is 2. The van der Waals surface area contributed by atoms with Crippen molar-refractivity contribution in [1.82, 2.24) is 10.6 Å². The fraction of sp³-hybridized carbons (Fsp3) is 0.300. The highest BCUT2D eigenvalue weighted by molar-refractivity contribution is 7.92. The quantitative estimate of drug-likeness (QED) is 0.546. The smallest absolute Gasteiger partial charge is 0.261 e. The van der Waals surface area contributed by atoms with Crippen LogP contribution in [-0.4, -0.2) is 39.9 Å². The Labute approximate surface area is 170 Å². The van der Waals surface area contributed by atoms with Gasteiger partial charge >= 0.3 is 0 Å². The van der Waals surface area contributed by atoms with E-state index >= 15 is 0 Å². The zero-order chi connectivity index (χ0) is 21.3. The Hall–Kier alpha value is -3.07. The summed E-state index contributed by atoms with van der Waals surface area (Å²) in [6.07, 6.45) is 0.793. The third-order valence-corrected chi connectivity index (χ3v) is 5.18. The molecule has 0 spiro atoms. The summed E-state index contributed by atoms with van der Waals surface area (Å²) in [5.41, 5.74) is 0.513. The first-order chi connectivity index (χ1) is 13.9. The van der Waals surface area contributed by atoms with Gasteiger partial charge < -0.3 is 15.4 Å². The molecule has 156 valence electrons. The Morgan fingerprint density at radius 3 is 2.38 bits per heavy atom. The van der Waals surface area contributed by atoms with Gasteiger partial charge in [-0.05, 0) is 55.8 Å². The van der Waals surface area contributed by atoms with E-state index in [1.807, 2.05) is 13.8 Å². The SMILES string of the molecule is CCCNC(=O)CNC(=O)c1cccc(S(=O)(=O)Nc2ccc(OCC)cc2)c1. The molecular formula is C20H25N3O5S. The number of hydrogen-bond donors (Lipinski definition) is 3. The first-order valence-electron chi connectivity index (χ1n) is 9.26. The Morgan fingerprint density at radius 2 is 1.72 bits per heavy atom. The number of benzene rings is 2. The van der Waals surface area contributed by atoms with Gasteiger partial charge in [-0.15, -0.1) is 0 Å². The van der Waals surface area contributed by atoms with Crippen molar-refractivity contribution in [2.75, 3.05) is 24.4 Å². The molecule has 2 rings (SSSR count). The van der Waals surface area contributed by atoms with Crippen LogP contribution >= 0.6 is 0 Å². The molecule has 0 aliphatic rings. The minimum Gasteiger partial charge on any atom is -0.494 e. The first-order valence-corrected chi connectivity index (χ1v) is 10.7. The van der Waals surface area contributed by atoms with E-state index in [2.05, 4.69) is 15.4 Å². The summed E-state index contributed by atoms with van der Waals surface area (Å²) in [6.45, 7) is 4.64. The maximum atomic E-state index is 12.6. The van der Waals surface area contributed by atoms with Crippen LogP contribution in [0.2, 0.25) is 0 Å². The molecule has 29 heavy (non-hydrogen) atoms. The summed E-state index contributed by atoms with van der Waals surface area (Å²) in [4.78, 5) is 23.8. The number of anilines is 1. The Morgan fingerprint density at radius 1 is 1.00 bits per heavy atom. The van der Waals surface area contributed by atoms with Crippen molar-refractivity contribution in [2.45, 2.75) is 25.2 Å². The molecule has 9 heteroatoms. The van der Waals surface area contributed by atoms with Crippen LogP contribution in [-0.2, 0) is 14.8 Å². The predicted octanol–water partition coefficient (Wildman–Crippen LogP) is 2.14. The first kappa shape index (κ1) is 22.2. The van der Waals surface area contributed by atoms with Gasteiger partial charge in [0.25, 0.3) is 15.9 Å². The van der Waals surface area contributed by atoms with Crippen molar-refractivity contribution >= 4 is 27.5 Å². The minimum atomic E-state index is -3.89. The van der Waals surface area contributed by atoms with Gasteiger partial charge in [0.2, 0.25) is 5.91 Å². The van der Waals surface area contributed by atoms with E-state index < -0.39 is 15.9 Å². The molecule has 2 aromatic carbocycles. The lowest BCUT2D eigenvalue weighted by molar-refractivity contribution is -0.120. The number of carbonyl (C=O) groups is 2. The molecule has 0 aliphatic carbocycles. The van der Waals surface area contributed by atoms with Crippen LogP contribution in [0.1, 0.15) is 30.6 Å². The fourth-order valence-corrected chi connectivity index (χ4v) is 3.50. The molecule has 8 nitrogen and oxygen atoms in total. The lowest BCUT2D eigenvalue weighted by Gasteiger charge is -2.11. The van der Waals surface area contributed by atoms with E-state index in [1.54, 1.807) is 24.3 Å². The summed E-state index contributed by atoms with van der Waals surface area (Å²) in [7, 11) is -3.89. The maximum absolute atomic E-state index is 12.6. The Balaban J connectivity index is 2.06. The van der Waals surface area contributed by atoms with Gasteiger partial charge in [0.05, 0.1) is 18.0 Å². The van der Waals surface area contributed by atoms with E-state index in [-0.39, 0.29) is 22.9 Å². The summed E-state index contributed by atoms with van der Waals surface area (Å²) in [6, 6.07) is 12.1. The van der Waals surface area contributed by atoms with Crippen molar-refractivity contribution in [3.05, 3.63) is 54.1 Å². The van der Waals surface area contributed by atoms with Gasteiger partial charge in [-0.3, -0.25) is 14.3 Å². The predicted molar refractivity (Wildman–Crippen MR) is 110 cm³/mol. The molecule has 0 saturated heterocycles. The average molecular weight is 420 g/mol. The topological polar surface area (TPSA) is 114 Å². The zero-order valence-corrected chi connectivity index (χ0v) is 17.2. The zero-order valence-electron chi connectivity index (χ0n) is 16.4. The Bertz CT molecular complexity index is 943. The molecule has 0 aromatic heterocycles. The van der Waals surface area contributed by atoms with E-state index in [0.29, 0.717) is 24.6 Å². The van der Waals surface area contributed by atoms with Crippen LogP contribution in [0.15, 0.2) is 53.4 Å². The summed E-state index contributed by atoms with van der Waals surface area (Å²) < 4.78 is 33.1. The second-order valence-corrected chi connectivity index (χ2v) is 7.81. The van der Waals surface area contributed by atoms with E-state index in [4.69, 9.17) is 4.74 Å². The number of amides is 2. The lowest BCUT2D eigenvalue weighted by atomic mass is 10.2. The molecule has 0 saturated carbocycles. The fourth-order valence-electron chi connectivity index (χ4n) is 2.39. The monoisotopic (exact) mass is 419 g/mol. The molecule has 0 atom stereocenters. The summed E-state index contributed by atoms with van der Waals surface area (Å²) in [5.74, 6) is -0.201. The number of nitrogens with one attached hydrogen (secondary N) is 3.